The normalized spacial score (nSPS) is 13.1. The van der Waals surface area contributed by atoms with Crippen molar-refractivity contribution in [1.29, 1.82) is 0 Å². The summed E-state index contributed by atoms with van der Waals surface area (Å²) in [6.45, 7) is 6.92. The summed E-state index contributed by atoms with van der Waals surface area (Å²) in [5.74, 6) is -0.520. The first-order chi connectivity index (χ1) is 14.3. The highest BCUT2D eigenvalue weighted by Gasteiger charge is 2.26. The van der Waals surface area contributed by atoms with E-state index in [9.17, 15) is 9.59 Å². The fourth-order valence-electron chi connectivity index (χ4n) is 3.80. The van der Waals surface area contributed by atoms with Crippen molar-refractivity contribution in [2.45, 2.75) is 32.6 Å². The Kier molecular flexibility index (Phi) is 5.12. The monoisotopic (exact) mass is 399 g/mol. The first-order valence-electron chi connectivity index (χ1n) is 10.1. The predicted octanol–water partition coefficient (Wildman–Crippen LogP) is 4.83. The number of carbonyl (C=O) groups is 2. The average Bonchev–Trinajstić information content (AvgIpc) is 3.17. The minimum atomic E-state index is -0.330. The Hall–Kier alpha value is -3.47. The SMILES string of the molecule is CC(C)(C)c1ccccc1NC(=O)c1cccc(C(=O)N2CCc3ccccc32)n1. The summed E-state index contributed by atoms with van der Waals surface area (Å²) in [4.78, 5) is 32.1. The second-order valence-corrected chi connectivity index (χ2v) is 8.49. The maximum absolute atomic E-state index is 13.1. The third-order valence-corrected chi connectivity index (χ3v) is 5.32. The molecule has 0 saturated heterocycles. The molecular weight excluding hydrogens is 374 g/mol. The van der Waals surface area contributed by atoms with Gasteiger partial charge in [-0.1, -0.05) is 63.2 Å². The topological polar surface area (TPSA) is 62.3 Å². The zero-order chi connectivity index (χ0) is 21.3. The van der Waals surface area contributed by atoms with Gasteiger partial charge in [-0.15, -0.1) is 0 Å². The molecule has 30 heavy (non-hydrogen) atoms. The third-order valence-electron chi connectivity index (χ3n) is 5.32. The van der Waals surface area contributed by atoms with Gasteiger partial charge in [0, 0.05) is 17.9 Å². The molecule has 0 bridgehead atoms. The molecule has 0 saturated carbocycles. The predicted molar refractivity (Wildman–Crippen MR) is 119 cm³/mol. The number of para-hydroxylation sites is 2. The highest BCUT2D eigenvalue weighted by atomic mass is 16.2. The van der Waals surface area contributed by atoms with Gasteiger partial charge in [0.1, 0.15) is 11.4 Å². The number of hydrogen-bond donors (Lipinski definition) is 1. The first-order valence-corrected chi connectivity index (χ1v) is 10.1. The van der Waals surface area contributed by atoms with E-state index >= 15 is 0 Å². The third kappa shape index (κ3) is 3.83. The van der Waals surface area contributed by atoms with Crippen molar-refractivity contribution >= 4 is 23.2 Å². The molecule has 0 atom stereocenters. The van der Waals surface area contributed by atoms with Gasteiger partial charge in [0.2, 0.25) is 0 Å². The van der Waals surface area contributed by atoms with Crippen molar-refractivity contribution in [2.24, 2.45) is 0 Å². The van der Waals surface area contributed by atoms with Gasteiger partial charge in [-0.05, 0) is 47.2 Å². The van der Waals surface area contributed by atoms with E-state index in [0.29, 0.717) is 6.54 Å². The van der Waals surface area contributed by atoms with Crippen molar-refractivity contribution < 1.29 is 9.59 Å². The minimum Gasteiger partial charge on any atom is -0.320 e. The van der Waals surface area contributed by atoms with Gasteiger partial charge in [0.15, 0.2) is 0 Å². The summed E-state index contributed by atoms with van der Waals surface area (Å²) in [5, 5.41) is 2.96. The number of aromatic nitrogens is 1. The molecule has 2 heterocycles. The lowest BCUT2D eigenvalue weighted by atomic mass is 9.86. The maximum Gasteiger partial charge on any atom is 0.276 e. The number of carbonyl (C=O) groups excluding carboxylic acids is 2. The minimum absolute atomic E-state index is 0.113. The fraction of sp³-hybridized carbons (Fsp3) is 0.240. The molecule has 0 spiro atoms. The number of pyridine rings is 1. The van der Waals surface area contributed by atoms with E-state index in [-0.39, 0.29) is 28.6 Å². The number of nitrogens with one attached hydrogen (secondary N) is 1. The molecule has 1 N–H and O–H groups in total. The van der Waals surface area contributed by atoms with Gasteiger partial charge in [-0.2, -0.15) is 0 Å². The molecule has 5 heteroatoms. The van der Waals surface area contributed by atoms with Crippen LogP contribution in [0.4, 0.5) is 11.4 Å². The Morgan fingerprint density at radius 3 is 2.40 bits per heavy atom. The largest absolute Gasteiger partial charge is 0.320 e. The molecule has 2 aromatic carbocycles. The van der Waals surface area contributed by atoms with Crippen molar-refractivity contribution in [3.8, 4) is 0 Å². The smallest absolute Gasteiger partial charge is 0.276 e. The Balaban J connectivity index is 1.57. The summed E-state index contributed by atoms with van der Waals surface area (Å²) < 4.78 is 0. The number of amides is 2. The quantitative estimate of drug-likeness (QED) is 0.686. The second-order valence-electron chi connectivity index (χ2n) is 8.49. The van der Waals surface area contributed by atoms with Crippen LogP contribution in [0.5, 0.6) is 0 Å². The van der Waals surface area contributed by atoms with E-state index in [1.54, 1.807) is 23.1 Å². The highest BCUT2D eigenvalue weighted by Crippen LogP contribution is 2.30. The van der Waals surface area contributed by atoms with Crippen LogP contribution in [0.25, 0.3) is 0 Å². The Labute approximate surface area is 176 Å². The number of anilines is 2. The summed E-state index contributed by atoms with van der Waals surface area (Å²) in [6, 6.07) is 20.6. The zero-order valence-electron chi connectivity index (χ0n) is 17.5. The molecule has 1 aliphatic heterocycles. The van der Waals surface area contributed by atoms with Crippen LogP contribution in [0.3, 0.4) is 0 Å². The van der Waals surface area contributed by atoms with Gasteiger partial charge < -0.3 is 10.2 Å². The maximum atomic E-state index is 13.1. The van der Waals surface area contributed by atoms with Crippen LogP contribution >= 0.6 is 0 Å². The number of hydrogen-bond acceptors (Lipinski definition) is 3. The van der Waals surface area contributed by atoms with E-state index in [2.05, 4.69) is 31.1 Å². The molecule has 4 rings (SSSR count). The molecule has 0 unspecified atom stereocenters. The van der Waals surface area contributed by atoms with Crippen molar-refractivity contribution in [3.05, 3.63) is 89.2 Å². The zero-order valence-corrected chi connectivity index (χ0v) is 17.5. The van der Waals surface area contributed by atoms with Gasteiger partial charge >= 0.3 is 0 Å². The van der Waals surface area contributed by atoms with Crippen molar-refractivity contribution in [2.75, 3.05) is 16.8 Å². The molecule has 1 aliphatic rings. The molecule has 3 aromatic rings. The van der Waals surface area contributed by atoms with Crippen LogP contribution in [0, 0.1) is 0 Å². The van der Waals surface area contributed by atoms with E-state index < -0.39 is 0 Å². The van der Waals surface area contributed by atoms with Gasteiger partial charge in [-0.25, -0.2) is 4.98 Å². The van der Waals surface area contributed by atoms with E-state index in [0.717, 1.165) is 28.9 Å². The van der Waals surface area contributed by atoms with Crippen LogP contribution in [0.1, 0.15) is 52.9 Å². The lowest BCUT2D eigenvalue weighted by Gasteiger charge is -2.23. The van der Waals surface area contributed by atoms with Crippen LogP contribution < -0.4 is 10.2 Å². The summed E-state index contributed by atoms with van der Waals surface area (Å²) in [7, 11) is 0. The van der Waals surface area contributed by atoms with Crippen LogP contribution in [0.2, 0.25) is 0 Å². The first kappa shape index (κ1) is 19.8. The van der Waals surface area contributed by atoms with Crippen LogP contribution in [-0.2, 0) is 11.8 Å². The molecule has 152 valence electrons. The van der Waals surface area contributed by atoms with Gasteiger partial charge in [0.05, 0.1) is 0 Å². The van der Waals surface area contributed by atoms with E-state index in [4.69, 9.17) is 0 Å². The van der Waals surface area contributed by atoms with Gasteiger partial charge in [-0.3, -0.25) is 9.59 Å². The number of nitrogens with zero attached hydrogens (tertiary/aromatic N) is 2. The Bertz CT molecular complexity index is 1120. The molecule has 0 fully saturated rings. The van der Waals surface area contributed by atoms with E-state index in [1.165, 1.54) is 0 Å². The summed E-state index contributed by atoms with van der Waals surface area (Å²) in [5.41, 5.74) is 4.23. The number of benzene rings is 2. The molecule has 2 amide bonds. The molecule has 0 aliphatic carbocycles. The van der Waals surface area contributed by atoms with E-state index in [1.807, 2.05) is 48.5 Å². The van der Waals surface area contributed by atoms with Crippen molar-refractivity contribution in [3.63, 3.8) is 0 Å². The highest BCUT2D eigenvalue weighted by molar-refractivity contribution is 6.08. The van der Waals surface area contributed by atoms with Crippen LogP contribution in [0.15, 0.2) is 66.7 Å². The van der Waals surface area contributed by atoms with Crippen molar-refractivity contribution in [1.82, 2.24) is 4.98 Å². The summed E-state index contributed by atoms with van der Waals surface area (Å²) in [6.07, 6.45) is 0.825. The average molecular weight is 399 g/mol. The molecule has 0 radical (unpaired) electrons. The molecular formula is C25H25N3O2. The Morgan fingerprint density at radius 2 is 1.60 bits per heavy atom. The van der Waals surface area contributed by atoms with Crippen LogP contribution in [-0.4, -0.2) is 23.3 Å². The van der Waals surface area contributed by atoms with Gasteiger partial charge in [0.25, 0.3) is 11.8 Å². The standard InChI is InChI=1S/C25H25N3O2/c1-25(2,3)18-10-5-6-11-19(18)27-23(29)20-12-8-13-21(26-20)24(30)28-16-15-17-9-4-7-14-22(17)28/h4-14H,15-16H2,1-3H3,(H,27,29). The fourth-order valence-corrected chi connectivity index (χ4v) is 3.80. The second kappa shape index (κ2) is 7.75. The number of rotatable bonds is 3. The molecule has 5 nitrogen and oxygen atoms in total. The molecule has 1 aromatic heterocycles. The number of fused-ring (bicyclic) bond motifs is 1. The summed E-state index contributed by atoms with van der Waals surface area (Å²) >= 11 is 0. The lowest BCUT2D eigenvalue weighted by molar-refractivity contribution is 0.0984. The lowest BCUT2D eigenvalue weighted by Crippen LogP contribution is -2.30. The Morgan fingerprint density at radius 1 is 0.900 bits per heavy atom.